The van der Waals surface area contributed by atoms with Gasteiger partial charge in [-0.05, 0) is 46.5 Å². The Morgan fingerprint density at radius 1 is 1.06 bits per heavy atom. The molecule has 1 heterocycles. The quantitative estimate of drug-likeness (QED) is 0.534. The second-order valence-corrected chi connectivity index (χ2v) is 8.38. The van der Waals surface area contributed by atoms with Crippen LogP contribution < -0.4 is 9.64 Å². The highest BCUT2D eigenvalue weighted by molar-refractivity contribution is 5.97. The largest absolute Gasteiger partial charge is 0.482 e. The summed E-state index contributed by atoms with van der Waals surface area (Å²) < 4.78 is 49.2. The van der Waals surface area contributed by atoms with Crippen molar-refractivity contribution in [1.29, 1.82) is 0 Å². The molecule has 2 atom stereocenters. The van der Waals surface area contributed by atoms with Gasteiger partial charge in [-0.2, -0.15) is 13.2 Å². The molecule has 2 unspecified atom stereocenters. The SMILES string of the molecule is CC(c1cc(C(=O)O)ccc1-c1ccccc1)C(O)(c1ccc2c(c1)N(C)C(=O)CO2)C(F)(F)F. The van der Waals surface area contributed by atoms with Crippen LogP contribution in [0.4, 0.5) is 18.9 Å². The van der Waals surface area contributed by atoms with Crippen LogP contribution in [0.5, 0.6) is 5.75 Å². The summed E-state index contributed by atoms with van der Waals surface area (Å²) in [7, 11) is 1.41. The molecule has 2 N–H and O–H groups in total. The number of carbonyl (C=O) groups excluding carboxylic acids is 1. The zero-order chi connectivity index (χ0) is 25.5. The highest BCUT2D eigenvalue weighted by Gasteiger charge is 2.59. The first-order valence-corrected chi connectivity index (χ1v) is 10.7. The second kappa shape index (κ2) is 8.74. The van der Waals surface area contributed by atoms with Crippen LogP contribution in [0, 0.1) is 0 Å². The van der Waals surface area contributed by atoms with E-state index in [2.05, 4.69) is 0 Å². The lowest BCUT2D eigenvalue weighted by Crippen LogP contribution is -2.47. The fraction of sp³-hybridized carbons (Fsp3) is 0.231. The van der Waals surface area contributed by atoms with E-state index in [-0.39, 0.29) is 29.2 Å². The predicted molar refractivity (Wildman–Crippen MR) is 123 cm³/mol. The maximum Gasteiger partial charge on any atom is 0.422 e. The number of fused-ring (bicyclic) bond motifs is 1. The number of carboxylic acid groups (broad SMARTS) is 1. The molecule has 35 heavy (non-hydrogen) atoms. The van der Waals surface area contributed by atoms with Crippen LogP contribution in [-0.2, 0) is 10.4 Å². The number of amides is 1. The third kappa shape index (κ3) is 4.12. The summed E-state index contributed by atoms with van der Waals surface area (Å²) in [4.78, 5) is 24.8. The van der Waals surface area contributed by atoms with E-state index in [1.807, 2.05) is 0 Å². The molecular formula is C26H22F3NO5. The summed E-state index contributed by atoms with van der Waals surface area (Å²) in [6.07, 6.45) is -5.15. The number of nitrogens with zero attached hydrogens (tertiary/aromatic N) is 1. The molecule has 0 saturated heterocycles. The van der Waals surface area contributed by atoms with Gasteiger partial charge >= 0.3 is 12.1 Å². The molecule has 4 rings (SSSR count). The van der Waals surface area contributed by atoms with Crippen molar-refractivity contribution in [1.82, 2.24) is 0 Å². The zero-order valence-electron chi connectivity index (χ0n) is 18.8. The Hall–Kier alpha value is -3.85. The van der Waals surface area contributed by atoms with Crippen LogP contribution in [0.25, 0.3) is 11.1 Å². The molecule has 0 aromatic heterocycles. The van der Waals surface area contributed by atoms with Crippen molar-refractivity contribution in [3.63, 3.8) is 0 Å². The van der Waals surface area contributed by atoms with Gasteiger partial charge in [-0.15, -0.1) is 0 Å². The summed E-state index contributed by atoms with van der Waals surface area (Å²) in [6.45, 7) is 0.955. The van der Waals surface area contributed by atoms with Gasteiger partial charge in [-0.3, -0.25) is 4.79 Å². The van der Waals surface area contributed by atoms with Crippen molar-refractivity contribution in [2.75, 3.05) is 18.6 Å². The maximum atomic E-state index is 14.6. The van der Waals surface area contributed by atoms with E-state index in [4.69, 9.17) is 4.74 Å². The number of benzene rings is 3. The van der Waals surface area contributed by atoms with E-state index in [0.29, 0.717) is 11.1 Å². The number of halogens is 3. The van der Waals surface area contributed by atoms with Gasteiger partial charge in [0.25, 0.3) is 5.91 Å². The van der Waals surface area contributed by atoms with Crippen molar-refractivity contribution in [2.45, 2.75) is 24.6 Å². The number of aromatic carboxylic acids is 1. The molecule has 1 aliphatic heterocycles. The van der Waals surface area contributed by atoms with Crippen LogP contribution in [0.3, 0.4) is 0 Å². The van der Waals surface area contributed by atoms with Gasteiger partial charge in [0.15, 0.2) is 12.2 Å². The second-order valence-electron chi connectivity index (χ2n) is 8.38. The summed E-state index contributed by atoms with van der Waals surface area (Å²) in [5, 5.41) is 20.9. The molecular weight excluding hydrogens is 463 g/mol. The van der Waals surface area contributed by atoms with Gasteiger partial charge in [0.05, 0.1) is 11.3 Å². The van der Waals surface area contributed by atoms with E-state index in [1.54, 1.807) is 30.3 Å². The lowest BCUT2D eigenvalue weighted by atomic mass is 9.75. The van der Waals surface area contributed by atoms with Gasteiger partial charge < -0.3 is 19.8 Å². The highest BCUT2D eigenvalue weighted by Crippen LogP contribution is 2.51. The Kier molecular flexibility index (Phi) is 6.06. The number of anilines is 1. The summed E-state index contributed by atoms with van der Waals surface area (Å²) in [6, 6.07) is 15.9. The summed E-state index contributed by atoms with van der Waals surface area (Å²) >= 11 is 0. The van der Waals surface area contributed by atoms with Crippen molar-refractivity contribution in [3.8, 4) is 16.9 Å². The van der Waals surface area contributed by atoms with E-state index in [1.165, 1.54) is 37.1 Å². The minimum atomic E-state index is -5.15. The minimum absolute atomic E-state index is 0.00864. The molecule has 0 radical (unpaired) electrons. The van der Waals surface area contributed by atoms with Gasteiger partial charge in [0.1, 0.15) is 5.75 Å². The Morgan fingerprint density at radius 2 is 1.74 bits per heavy atom. The third-order valence-corrected chi connectivity index (χ3v) is 6.39. The normalized spacial score (nSPS) is 16.2. The average molecular weight is 485 g/mol. The number of likely N-dealkylation sites (N-methyl/N-ethyl adjacent to an activating group) is 1. The van der Waals surface area contributed by atoms with Gasteiger partial charge in [0, 0.05) is 13.0 Å². The molecule has 6 nitrogen and oxygen atoms in total. The molecule has 182 valence electrons. The first kappa shape index (κ1) is 24.3. The van der Waals surface area contributed by atoms with Crippen molar-refractivity contribution >= 4 is 17.6 Å². The van der Waals surface area contributed by atoms with Crippen LogP contribution in [0.1, 0.15) is 34.3 Å². The molecule has 0 aliphatic carbocycles. The number of alkyl halides is 3. The molecule has 3 aromatic rings. The fourth-order valence-corrected chi connectivity index (χ4v) is 4.33. The predicted octanol–water partition coefficient (Wildman–Crippen LogP) is 4.96. The minimum Gasteiger partial charge on any atom is -0.482 e. The standard InChI is InChI=1S/C26H22F3NO5/c1-15(20-12-17(24(32)33)8-10-19(20)16-6-4-3-5-7-16)25(34,26(27,28)29)18-9-11-22-21(13-18)30(2)23(31)14-35-22/h3-13,15,34H,14H2,1-2H3,(H,32,33). The first-order chi connectivity index (χ1) is 16.4. The van der Waals surface area contributed by atoms with Gasteiger partial charge in [0.2, 0.25) is 0 Å². The van der Waals surface area contributed by atoms with Crippen LogP contribution in [0.2, 0.25) is 0 Å². The summed E-state index contributed by atoms with van der Waals surface area (Å²) in [5.41, 5.74) is -3.09. The maximum absolute atomic E-state index is 14.6. The topological polar surface area (TPSA) is 87.1 Å². The van der Waals surface area contributed by atoms with Crippen LogP contribution in [-0.4, -0.2) is 41.9 Å². The molecule has 9 heteroatoms. The monoisotopic (exact) mass is 485 g/mol. The van der Waals surface area contributed by atoms with E-state index >= 15 is 0 Å². The Labute approximate surface area is 199 Å². The lowest BCUT2D eigenvalue weighted by Gasteiger charge is -2.38. The molecule has 0 spiro atoms. The number of carboxylic acids is 1. The number of rotatable bonds is 5. The molecule has 0 fully saturated rings. The Balaban J connectivity index is 1.93. The van der Waals surface area contributed by atoms with E-state index in [9.17, 15) is 33.0 Å². The summed E-state index contributed by atoms with van der Waals surface area (Å²) in [5.74, 6) is -3.16. The Bertz CT molecular complexity index is 1290. The van der Waals surface area contributed by atoms with E-state index in [0.717, 1.165) is 18.2 Å². The number of hydrogen-bond donors (Lipinski definition) is 2. The van der Waals surface area contributed by atoms with Crippen LogP contribution in [0.15, 0.2) is 66.7 Å². The fourth-order valence-electron chi connectivity index (χ4n) is 4.33. The van der Waals surface area contributed by atoms with Crippen molar-refractivity contribution < 1.29 is 37.7 Å². The van der Waals surface area contributed by atoms with Crippen molar-refractivity contribution in [3.05, 3.63) is 83.4 Å². The van der Waals surface area contributed by atoms with E-state index < -0.39 is 35.1 Å². The number of carbonyl (C=O) groups is 2. The zero-order valence-corrected chi connectivity index (χ0v) is 18.8. The highest BCUT2D eigenvalue weighted by atomic mass is 19.4. The van der Waals surface area contributed by atoms with Crippen molar-refractivity contribution in [2.24, 2.45) is 0 Å². The lowest BCUT2D eigenvalue weighted by molar-refractivity contribution is -0.274. The van der Waals surface area contributed by atoms with Crippen LogP contribution >= 0.6 is 0 Å². The third-order valence-electron chi connectivity index (χ3n) is 6.39. The average Bonchev–Trinajstić information content (AvgIpc) is 2.84. The number of ether oxygens (including phenoxy) is 1. The van der Waals surface area contributed by atoms with Gasteiger partial charge in [-0.1, -0.05) is 49.4 Å². The smallest absolute Gasteiger partial charge is 0.422 e. The number of hydrogen-bond acceptors (Lipinski definition) is 4. The van der Waals surface area contributed by atoms with Gasteiger partial charge in [-0.25, -0.2) is 4.79 Å². The number of aliphatic hydroxyl groups is 1. The first-order valence-electron chi connectivity index (χ1n) is 10.7. The molecule has 0 saturated carbocycles. The molecule has 3 aromatic carbocycles. The molecule has 1 aliphatic rings. The molecule has 0 bridgehead atoms. The Morgan fingerprint density at radius 3 is 2.37 bits per heavy atom. The molecule has 1 amide bonds.